The molecule has 6 rings (SSSR count). The number of aromatic nitrogens is 3. The van der Waals surface area contributed by atoms with Crippen LogP contribution in [0, 0.1) is 5.82 Å². The first kappa shape index (κ1) is 25.4. The lowest BCUT2D eigenvalue weighted by Crippen LogP contribution is -2.52. The van der Waals surface area contributed by atoms with E-state index < -0.39 is 11.6 Å². The molecule has 7 nitrogen and oxygen atoms in total. The first-order valence-electron chi connectivity index (χ1n) is 13.4. The molecule has 1 saturated heterocycles. The molecule has 202 valence electrons. The summed E-state index contributed by atoms with van der Waals surface area (Å²) < 4.78 is 23.5. The molecule has 2 aliphatic heterocycles. The van der Waals surface area contributed by atoms with E-state index in [9.17, 15) is 14.3 Å². The van der Waals surface area contributed by atoms with Gasteiger partial charge in [0.1, 0.15) is 17.3 Å². The molecule has 0 spiro atoms. The molecule has 0 aliphatic carbocycles. The normalized spacial score (nSPS) is 19.1. The van der Waals surface area contributed by atoms with Gasteiger partial charge in [0.05, 0.1) is 30.1 Å². The van der Waals surface area contributed by atoms with Crippen molar-refractivity contribution in [1.29, 1.82) is 0 Å². The Balaban J connectivity index is 1.57. The molecule has 1 N–H and O–H groups in total. The molecule has 2 atom stereocenters. The molecule has 39 heavy (non-hydrogen) atoms. The number of carbonyl (C=O) groups is 1. The summed E-state index contributed by atoms with van der Waals surface area (Å²) in [7, 11) is 3.54. The van der Waals surface area contributed by atoms with Gasteiger partial charge in [0.15, 0.2) is 0 Å². The van der Waals surface area contributed by atoms with Crippen LogP contribution >= 0.6 is 0 Å². The molecule has 4 heterocycles. The van der Waals surface area contributed by atoms with E-state index in [0.717, 1.165) is 64.2 Å². The van der Waals surface area contributed by atoms with Gasteiger partial charge in [0.2, 0.25) is 0 Å². The minimum absolute atomic E-state index is 0.0903. The third-order valence-corrected chi connectivity index (χ3v) is 8.57. The molecular weight excluding hydrogens is 495 g/mol. The third kappa shape index (κ3) is 4.05. The van der Waals surface area contributed by atoms with E-state index in [-0.39, 0.29) is 11.7 Å². The molecule has 0 saturated carbocycles. The first-order valence-corrected chi connectivity index (χ1v) is 13.4. The Hall–Kier alpha value is -3.91. The Morgan fingerprint density at radius 2 is 1.87 bits per heavy atom. The van der Waals surface area contributed by atoms with Gasteiger partial charge in [-0.25, -0.2) is 4.39 Å². The number of halogens is 1. The number of carbonyl (C=O) groups excluding carboxylic acids is 1. The maximum atomic E-state index is 14.1. The highest BCUT2D eigenvalue weighted by Crippen LogP contribution is 2.45. The maximum Gasteiger partial charge on any atom is 0.271 e. The van der Waals surface area contributed by atoms with Gasteiger partial charge in [0.25, 0.3) is 5.91 Å². The predicted molar refractivity (Wildman–Crippen MR) is 148 cm³/mol. The summed E-state index contributed by atoms with van der Waals surface area (Å²) in [5, 5.41) is 15.2. The number of ether oxygens (including phenoxy) is 1. The highest BCUT2D eigenvalue weighted by Gasteiger charge is 2.44. The summed E-state index contributed by atoms with van der Waals surface area (Å²) in [5.41, 5.74) is 6.37. The molecule has 2 aliphatic rings. The van der Waals surface area contributed by atoms with Gasteiger partial charge in [0, 0.05) is 43.0 Å². The zero-order valence-electron chi connectivity index (χ0n) is 22.7. The number of aryl methyl sites for hydroxylation is 2. The standard InChI is InChI=1S/C31H33FN4O3/c1-19(37)31(2)12-5-13-36(31)30(38)27-18-24(20-6-8-22(32)9-7-20)29-23-17-25(26-11-14-34(3)33-26)28(39-4)16-21(23)10-15-35(27)29/h6-9,11,14,16-19,37H,5,10,12-13,15H2,1-4H3/t19-,31-/m1/s1. The minimum Gasteiger partial charge on any atom is -0.496 e. The Morgan fingerprint density at radius 3 is 2.54 bits per heavy atom. The van der Waals surface area contributed by atoms with E-state index in [0.29, 0.717) is 18.8 Å². The molecule has 8 heteroatoms. The van der Waals surface area contributed by atoms with Crippen LogP contribution in [0.5, 0.6) is 5.75 Å². The van der Waals surface area contributed by atoms with Crippen molar-refractivity contribution in [2.45, 2.75) is 51.3 Å². The zero-order valence-corrected chi connectivity index (χ0v) is 22.7. The number of benzene rings is 2. The van der Waals surface area contributed by atoms with Crippen molar-refractivity contribution in [3.05, 3.63) is 71.8 Å². The molecule has 0 bridgehead atoms. The molecule has 0 radical (unpaired) electrons. The van der Waals surface area contributed by atoms with Crippen LogP contribution in [0.25, 0.3) is 33.6 Å². The fourth-order valence-electron chi connectivity index (χ4n) is 6.20. The number of aliphatic hydroxyl groups is 1. The van der Waals surface area contributed by atoms with Gasteiger partial charge in [-0.3, -0.25) is 9.48 Å². The Morgan fingerprint density at radius 1 is 1.10 bits per heavy atom. The smallest absolute Gasteiger partial charge is 0.271 e. The summed E-state index contributed by atoms with van der Waals surface area (Å²) in [4.78, 5) is 16.0. The van der Waals surface area contributed by atoms with Gasteiger partial charge in [-0.15, -0.1) is 0 Å². The molecule has 4 aromatic rings. The number of likely N-dealkylation sites (tertiary alicyclic amines) is 1. The summed E-state index contributed by atoms with van der Waals surface area (Å²) in [5.74, 6) is 0.347. The largest absolute Gasteiger partial charge is 0.496 e. The van der Waals surface area contributed by atoms with E-state index in [2.05, 4.69) is 21.8 Å². The Kier molecular flexibility index (Phi) is 6.10. The van der Waals surface area contributed by atoms with Gasteiger partial charge in [-0.1, -0.05) is 12.1 Å². The zero-order chi connectivity index (χ0) is 27.5. The second-order valence-electron chi connectivity index (χ2n) is 10.9. The predicted octanol–water partition coefficient (Wildman–Crippen LogP) is 5.30. The van der Waals surface area contributed by atoms with E-state index in [4.69, 9.17) is 4.74 Å². The SMILES string of the molecule is COc1cc2c(cc1-c1ccn(C)n1)-c1c(-c3ccc(F)cc3)cc(C(=O)N3CCC[C@]3(C)[C@@H](C)O)n1CC2. The van der Waals surface area contributed by atoms with Crippen molar-refractivity contribution in [2.75, 3.05) is 13.7 Å². The third-order valence-electron chi connectivity index (χ3n) is 8.57. The summed E-state index contributed by atoms with van der Waals surface area (Å²) in [6, 6.07) is 14.5. The lowest BCUT2D eigenvalue weighted by Gasteiger charge is -2.38. The van der Waals surface area contributed by atoms with Crippen LogP contribution in [0.15, 0.2) is 54.7 Å². The van der Waals surface area contributed by atoms with Crippen LogP contribution in [-0.4, -0.2) is 55.6 Å². The molecule has 1 fully saturated rings. The highest BCUT2D eigenvalue weighted by atomic mass is 19.1. The van der Waals surface area contributed by atoms with Crippen LogP contribution in [0.2, 0.25) is 0 Å². The Bertz CT molecular complexity index is 1570. The number of amides is 1. The quantitative estimate of drug-likeness (QED) is 0.382. The van der Waals surface area contributed by atoms with Crippen molar-refractivity contribution in [1.82, 2.24) is 19.2 Å². The maximum absolute atomic E-state index is 14.1. The van der Waals surface area contributed by atoms with E-state index in [1.165, 1.54) is 12.1 Å². The number of rotatable bonds is 5. The fourth-order valence-corrected chi connectivity index (χ4v) is 6.20. The van der Waals surface area contributed by atoms with Gasteiger partial charge in [-0.05, 0) is 80.6 Å². The van der Waals surface area contributed by atoms with Gasteiger partial charge < -0.3 is 19.3 Å². The highest BCUT2D eigenvalue weighted by molar-refractivity contribution is 5.99. The molecular formula is C31H33FN4O3. The van der Waals surface area contributed by atoms with Crippen molar-refractivity contribution in [3.8, 4) is 39.4 Å². The lowest BCUT2D eigenvalue weighted by atomic mass is 9.91. The monoisotopic (exact) mass is 528 g/mol. The number of methoxy groups -OCH3 is 1. The van der Waals surface area contributed by atoms with Crippen molar-refractivity contribution >= 4 is 5.91 Å². The second-order valence-corrected chi connectivity index (χ2v) is 10.9. The summed E-state index contributed by atoms with van der Waals surface area (Å²) in [6.45, 7) is 4.94. The van der Waals surface area contributed by atoms with Crippen molar-refractivity contribution in [3.63, 3.8) is 0 Å². The van der Waals surface area contributed by atoms with Crippen LogP contribution in [0.1, 0.15) is 42.7 Å². The van der Waals surface area contributed by atoms with Crippen LogP contribution in [-0.2, 0) is 20.0 Å². The number of fused-ring (bicyclic) bond motifs is 3. The van der Waals surface area contributed by atoms with Crippen molar-refractivity contribution in [2.24, 2.45) is 7.05 Å². The summed E-state index contributed by atoms with van der Waals surface area (Å²) in [6.07, 6.45) is 3.58. The molecule has 2 aromatic carbocycles. The van der Waals surface area contributed by atoms with Crippen LogP contribution in [0.4, 0.5) is 4.39 Å². The topological polar surface area (TPSA) is 72.5 Å². The Labute approximate surface area is 227 Å². The summed E-state index contributed by atoms with van der Waals surface area (Å²) >= 11 is 0. The van der Waals surface area contributed by atoms with E-state index in [1.54, 1.807) is 30.8 Å². The second kappa shape index (κ2) is 9.38. The molecule has 2 aromatic heterocycles. The number of hydrogen-bond acceptors (Lipinski definition) is 4. The lowest BCUT2D eigenvalue weighted by molar-refractivity contribution is 0.0145. The number of aliphatic hydroxyl groups excluding tert-OH is 1. The van der Waals surface area contributed by atoms with Crippen LogP contribution in [0.3, 0.4) is 0 Å². The average molecular weight is 529 g/mol. The first-order chi connectivity index (χ1) is 18.7. The minimum atomic E-state index is -0.648. The van der Waals surface area contributed by atoms with E-state index >= 15 is 0 Å². The fraction of sp³-hybridized carbons (Fsp3) is 0.355. The number of nitrogens with zero attached hydrogens (tertiary/aromatic N) is 4. The number of hydrogen-bond donors (Lipinski definition) is 1. The van der Waals surface area contributed by atoms with Crippen molar-refractivity contribution < 1.29 is 19.0 Å². The van der Waals surface area contributed by atoms with Gasteiger partial charge in [-0.2, -0.15) is 5.10 Å². The van der Waals surface area contributed by atoms with E-state index in [1.807, 2.05) is 37.2 Å². The molecule has 0 unspecified atom stereocenters. The van der Waals surface area contributed by atoms with Crippen LogP contribution < -0.4 is 4.74 Å². The average Bonchev–Trinajstić information content (AvgIpc) is 3.65. The molecule has 1 amide bonds. The van der Waals surface area contributed by atoms with Gasteiger partial charge >= 0.3 is 0 Å².